The van der Waals surface area contributed by atoms with E-state index >= 15 is 0 Å². The van der Waals surface area contributed by atoms with Gasteiger partial charge in [0.1, 0.15) is 41.6 Å². The number of carboxylic acid groups (broad SMARTS) is 1. The van der Waals surface area contributed by atoms with Crippen LogP contribution >= 0.6 is 0 Å². The van der Waals surface area contributed by atoms with Crippen LogP contribution in [0.4, 0.5) is 0 Å². The van der Waals surface area contributed by atoms with E-state index in [1.54, 1.807) is 11.6 Å². The van der Waals surface area contributed by atoms with Gasteiger partial charge in [0.25, 0.3) is 11.8 Å². The summed E-state index contributed by atoms with van der Waals surface area (Å²) in [5.74, 6) is -8.51. The first-order valence-corrected chi connectivity index (χ1v) is 24.1. The molecule has 8 amide bonds. The second-order valence-corrected chi connectivity index (χ2v) is 17.3. The maximum Gasteiger partial charge on any atom is 0.352 e. The third kappa shape index (κ3) is 21.8. The number of carboxylic acids is 1. The van der Waals surface area contributed by atoms with Crippen LogP contribution in [0.2, 0.25) is 0 Å². The van der Waals surface area contributed by atoms with Gasteiger partial charge in [-0.3, -0.25) is 43.8 Å². The number of hydrogen-bond donors (Lipinski definition) is 16. The standard InChI is InChI=1S/C44H76N18O11/c1-25(55-41(70)35(33(63)21-48)60-37(66)27(49)10-3-5-15-45)36(65)54-23-34(64)56-29(12-7-17-47)42(71)62-19-9-14-32(62)40(69)59-31(20-26-22-52-24-61(26)2)39(68)57-28(11-4-6-16-46)38(67)58-30(43(72)73)13-8-18-53-44(50)51/h13,22,24-25,27-28,31-33,35,63H,3-12,14-21,23,45-49H2,1-2H3,(H,54,65)(H,55,70)(H,57,68)(H,58,67)(H,59,69)(H,60,66)(H,72,73)(H4,50,51,53)/b30-13-,56-29+/t25-,27-,28-,31-,32-,33-,35-/m0/s1. The van der Waals surface area contributed by atoms with E-state index in [1.165, 1.54) is 30.4 Å². The first-order chi connectivity index (χ1) is 34.7. The van der Waals surface area contributed by atoms with Gasteiger partial charge in [0.2, 0.25) is 35.4 Å². The van der Waals surface area contributed by atoms with Crippen molar-refractivity contribution in [2.75, 3.05) is 45.8 Å². The monoisotopic (exact) mass is 1030 g/mol. The minimum atomic E-state index is -1.57. The fourth-order valence-electron chi connectivity index (χ4n) is 7.31. The number of aliphatic carboxylic acids is 1. The number of rotatable bonds is 33. The molecule has 7 atom stereocenters. The minimum absolute atomic E-state index is 0.0437. The Kier molecular flexibility index (Phi) is 28.1. The number of aliphatic hydroxyl groups is 1. The second-order valence-electron chi connectivity index (χ2n) is 17.3. The van der Waals surface area contributed by atoms with Crippen LogP contribution in [0.25, 0.3) is 0 Å². The molecular weight excluding hydrogens is 957 g/mol. The van der Waals surface area contributed by atoms with Gasteiger partial charge < -0.3 is 91.3 Å². The summed E-state index contributed by atoms with van der Waals surface area (Å²) >= 11 is 0. The predicted molar refractivity (Wildman–Crippen MR) is 266 cm³/mol. The molecule has 22 N–H and O–H groups in total. The van der Waals surface area contributed by atoms with Crippen molar-refractivity contribution in [1.82, 2.24) is 51.7 Å². The number of hydrogen-bond acceptors (Lipinski definition) is 17. The highest BCUT2D eigenvalue weighted by Gasteiger charge is 2.39. The molecule has 1 aromatic rings. The predicted octanol–water partition coefficient (Wildman–Crippen LogP) is -6.40. The van der Waals surface area contributed by atoms with Crippen LogP contribution in [-0.4, -0.2) is 178 Å². The van der Waals surface area contributed by atoms with Crippen LogP contribution in [0.1, 0.15) is 83.2 Å². The van der Waals surface area contributed by atoms with Gasteiger partial charge in [0, 0.05) is 45.0 Å². The van der Waals surface area contributed by atoms with Crippen LogP contribution in [0, 0.1) is 5.41 Å². The van der Waals surface area contributed by atoms with Gasteiger partial charge >= 0.3 is 5.97 Å². The Balaban J connectivity index is 2.27. The first kappa shape index (κ1) is 62.2. The maximum absolute atomic E-state index is 14.2. The number of carbonyl (C=O) groups is 9. The Bertz CT molecular complexity index is 2120. The summed E-state index contributed by atoms with van der Waals surface area (Å²) in [7, 11) is 1.66. The smallest absolute Gasteiger partial charge is 0.352 e. The number of aryl methyl sites for hydroxylation is 1. The third-order valence-electron chi connectivity index (χ3n) is 11.5. The lowest BCUT2D eigenvalue weighted by atomic mass is 10.1. The molecular formula is C44H76N18O11. The van der Waals surface area contributed by atoms with Crippen LogP contribution in [-0.2, 0) is 56.6 Å². The fraction of sp³-hybridized carbons (Fsp3) is 0.636. The van der Waals surface area contributed by atoms with Gasteiger partial charge in [-0.1, -0.05) is 12.5 Å². The zero-order valence-corrected chi connectivity index (χ0v) is 41.5. The summed E-state index contributed by atoms with van der Waals surface area (Å²) in [4.78, 5) is 129. The van der Waals surface area contributed by atoms with E-state index < -0.39 is 114 Å². The van der Waals surface area contributed by atoms with Gasteiger partial charge in [-0.25, -0.2) is 14.8 Å². The summed E-state index contributed by atoms with van der Waals surface area (Å²) in [6.07, 6.45) is 5.49. The van der Waals surface area contributed by atoms with Crippen molar-refractivity contribution in [1.29, 1.82) is 5.41 Å². The average molecular weight is 1030 g/mol. The van der Waals surface area contributed by atoms with Crippen LogP contribution < -0.4 is 71.6 Å². The number of aromatic nitrogens is 2. The zero-order valence-electron chi connectivity index (χ0n) is 41.5. The molecule has 0 bridgehead atoms. The number of amides is 8. The number of unbranched alkanes of at least 4 members (excludes halogenated alkanes) is 2. The topological polar surface area (TPSA) is 492 Å². The molecule has 2 rings (SSSR count). The normalized spacial score (nSPS) is 16.2. The molecule has 0 aliphatic carbocycles. The van der Waals surface area contributed by atoms with E-state index in [9.17, 15) is 53.4 Å². The Morgan fingerprint density at radius 1 is 0.863 bits per heavy atom. The molecule has 0 saturated carbocycles. The molecule has 29 heteroatoms. The molecule has 1 aliphatic rings. The Hall–Kier alpha value is -6.92. The van der Waals surface area contributed by atoms with Crippen molar-refractivity contribution in [3.05, 3.63) is 30.0 Å². The third-order valence-corrected chi connectivity index (χ3v) is 11.5. The summed E-state index contributed by atoms with van der Waals surface area (Å²) in [5.41, 5.74) is 33.4. The largest absolute Gasteiger partial charge is 0.477 e. The number of likely N-dealkylation sites (tertiary alicyclic amines) is 1. The molecule has 29 nitrogen and oxygen atoms in total. The van der Waals surface area contributed by atoms with Gasteiger partial charge in [-0.2, -0.15) is 0 Å². The van der Waals surface area contributed by atoms with Gasteiger partial charge in [0.05, 0.1) is 25.0 Å². The highest BCUT2D eigenvalue weighted by atomic mass is 16.4. The van der Waals surface area contributed by atoms with Gasteiger partial charge in [-0.05, 0) is 90.8 Å². The molecule has 408 valence electrons. The van der Waals surface area contributed by atoms with Gasteiger partial charge in [0.15, 0.2) is 5.96 Å². The van der Waals surface area contributed by atoms with Crippen molar-refractivity contribution in [2.45, 2.75) is 126 Å². The Morgan fingerprint density at radius 3 is 2.14 bits per heavy atom. The summed E-state index contributed by atoms with van der Waals surface area (Å²) in [6.45, 7) is 1.06. The van der Waals surface area contributed by atoms with Crippen molar-refractivity contribution < 1.29 is 53.4 Å². The lowest BCUT2D eigenvalue weighted by molar-refractivity contribution is -0.137. The number of imidazole rings is 1. The van der Waals surface area contributed by atoms with E-state index in [1.807, 2.05) is 0 Å². The molecule has 0 aromatic carbocycles. The molecule has 1 fully saturated rings. The van der Waals surface area contributed by atoms with Gasteiger partial charge in [-0.15, -0.1) is 0 Å². The highest BCUT2D eigenvalue weighted by Crippen LogP contribution is 2.20. The number of nitrogens with two attached hydrogens (primary N) is 6. The molecule has 73 heavy (non-hydrogen) atoms. The summed E-state index contributed by atoms with van der Waals surface area (Å²) in [6, 6.07) is -7.69. The van der Waals surface area contributed by atoms with E-state index in [0.29, 0.717) is 44.3 Å². The molecule has 0 spiro atoms. The fourth-order valence-corrected chi connectivity index (χ4v) is 7.31. The van der Waals surface area contributed by atoms with Crippen molar-refractivity contribution in [3.63, 3.8) is 0 Å². The summed E-state index contributed by atoms with van der Waals surface area (Å²) < 4.78 is 1.61. The van der Waals surface area contributed by atoms with Crippen LogP contribution in [0.3, 0.4) is 0 Å². The second kappa shape index (κ2) is 32.9. The van der Waals surface area contributed by atoms with Crippen LogP contribution in [0.15, 0.2) is 29.3 Å². The number of aliphatic hydroxyl groups excluding tert-OH is 1. The first-order valence-electron chi connectivity index (χ1n) is 24.1. The Labute approximate surface area is 423 Å². The zero-order chi connectivity index (χ0) is 54.6. The van der Waals surface area contributed by atoms with Crippen LogP contribution in [0.5, 0.6) is 0 Å². The number of guanidine groups is 1. The lowest BCUT2D eigenvalue weighted by Crippen LogP contribution is -2.60. The Morgan fingerprint density at radius 2 is 1.53 bits per heavy atom. The van der Waals surface area contributed by atoms with E-state index in [2.05, 4.69) is 47.2 Å². The molecule has 0 unspecified atom stereocenters. The highest BCUT2D eigenvalue weighted by molar-refractivity contribution is 6.40. The molecule has 1 saturated heterocycles. The maximum atomic E-state index is 14.2. The SMILES string of the molecule is C[C@H](NC(=O)[C@@H](NC(=O)[C@@H](N)CCCCN)[C@@H](O)CN)C(=O)NCC(=O)/N=C(\CCCN)C(=O)N1CCC[C@H]1C(=O)N[C@@H](Cc1cncn1C)C(=O)N[C@@H](CCCCN)C(=O)N/C(=C\CCNC(=N)N)C(=O)O. The van der Waals surface area contributed by atoms with E-state index in [4.69, 9.17) is 39.8 Å². The van der Waals surface area contributed by atoms with Crippen molar-refractivity contribution in [3.8, 4) is 0 Å². The summed E-state index contributed by atoms with van der Waals surface area (Å²) in [5, 5.41) is 44.7. The molecule has 1 aliphatic heterocycles. The molecule has 0 radical (unpaired) electrons. The number of nitrogens with zero attached hydrogens (tertiary/aromatic N) is 4. The number of nitrogens with one attached hydrogen (secondary N) is 8. The average Bonchev–Trinajstić information content (AvgIpc) is 4.02. The number of carbonyl (C=O) groups excluding carboxylic acids is 8. The quantitative estimate of drug-likeness (QED) is 0.0135. The van der Waals surface area contributed by atoms with E-state index in [-0.39, 0.29) is 82.8 Å². The number of aliphatic imine (C=N–C) groups is 1. The molecule has 1 aromatic heterocycles. The minimum Gasteiger partial charge on any atom is -0.477 e. The van der Waals surface area contributed by atoms with Crippen molar-refractivity contribution >= 4 is 64.9 Å². The lowest BCUT2D eigenvalue weighted by Gasteiger charge is -2.28. The molecule has 2 heterocycles. The van der Waals surface area contributed by atoms with E-state index in [0.717, 1.165) is 0 Å². The van der Waals surface area contributed by atoms with Crippen molar-refractivity contribution in [2.24, 2.45) is 46.4 Å².